The Morgan fingerprint density at radius 3 is 0.607 bits per heavy atom. The molecule has 0 N–H and O–H groups in total. The molecule has 117 heavy (non-hydrogen) atoms. The molecule has 0 spiro atoms. The highest BCUT2D eigenvalue weighted by Gasteiger charge is 2.25. The summed E-state index contributed by atoms with van der Waals surface area (Å²) in [6.45, 7) is 0. The summed E-state index contributed by atoms with van der Waals surface area (Å²) < 4.78 is 0. The van der Waals surface area contributed by atoms with Crippen LogP contribution >= 0.6 is 0 Å². The molecule has 20 rings (SSSR count). The molecule has 4 nitrogen and oxygen atoms in total. The molecule has 554 valence electrons. The molecule has 0 amide bonds. The van der Waals surface area contributed by atoms with Gasteiger partial charge in [0.1, 0.15) is 0 Å². The van der Waals surface area contributed by atoms with Crippen molar-refractivity contribution in [1.29, 1.82) is 0 Å². The highest BCUT2D eigenvalue weighted by molar-refractivity contribution is 6.00. The Hall–Kier alpha value is -15.4. The molecular weight excluding hydrogens is 1410 g/mol. The predicted molar refractivity (Wildman–Crippen MR) is 495 cm³/mol. The summed E-state index contributed by atoms with van der Waals surface area (Å²) in [4.78, 5) is 9.45. The van der Waals surface area contributed by atoms with Crippen LogP contribution in [0.3, 0.4) is 0 Å². The molecule has 0 atom stereocenters. The molecule has 4 heteroatoms. The van der Waals surface area contributed by atoms with E-state index in [2.05, 4.69) is 505 Å². The third-order valence-electron chi connectivity index (χ3n) is 22.4. The van der Waals surface area contributed by atoms with Crippen LogP contribution in [0, 0.1) is 0 Å². The molecule has 0 radical (unpaired) electrons. The standard InChI is InChI=1S/C60H44N2.C53H38N2/c1-5-13-45(14-6-1)49-21-33-55(34-22-49)61(56-35-23-50(24-36-56)46-15-7-2-8-16-46)59-41-29-53(30-42-59)54-31-43-60(44-32-54)62(57-37-25-51(26-38-57)47-17-9-3-10-18-47)58-39-27-52(28-40-58)48-19-11-4-12-20-48;1-4-13-38(14-5-1)40-23-27-46(28-24-40)54(47-29-25-41(26-30-47)39-15-6-2-7-16-39)48-31-33-50-43(36-48)35-44-37-49(32-34-51(44)50)55(45-19-8-3-9-20-45)53-22-12-18-42-17-10-11-21-52(42)53/h1-44H;1-34,36-37H,35H2. The van der Waals surface area contributed by atoms with Crippen molar-refractivity contribution in [1.82, 2.24) is 0 Å². The summed E-state index contributed by atoms with van der Waals surface area (Å²) in [5.74, 6) is 0. The van der Waals surface area contributed by atoms with E-state index < -0.39 is 0 Å². The van der Waals surface area contributed by atoms with Crippen LogP contribution in [0.25, 0.3) is 99.8 Å². The fraction of sp³-hybridized carbons (Fsp3) is 0.00885. The molecule has 0 heterocycles. The molecule has 1 aliphatic carbocycles. The van der Waals surface area contributed by atoms with Crippen LogP contribution in [-0.2, 0) is 6.42 Å². The lowest BCUT2D eigenvalue weighted by atomic mass is 10.0. The van der Waals surface area contributed by atoms with E-state index in [-0.39, 0.29) is 0 Å². The van der Waals surface area contributed by atoms with Gasteiger partial charge in [-0.1, -0.05) is 346 Å². The molecule has 19 aromatic rings. The first-order chi connectivity index (χ1) is 58.0. The zero-order valence-electron chi connectivity index (χ0n) is 64.7. The van der Waals surface area contributed by atoms with E-state index in [1.165, 1.54) is 105 Å². The number of rotatable bonds is 19. The minimum absolute atomic E-state index is 0.873. The van der Waals surface area contributed by atoms with Crippen molar-refractivity contribution in [2.75, 3.05) is 19.6 Å². The van der Waals surface area contributed by atoms with Gasteiger partial charge in [-0.05, 0) is 251 Å². The SMILES string of the molecule is c1ccc(-c2ccc(N(c3ccc(-c4ccccc4)cc3)c3ccc(-c4ccc(N(c5ccc(-c6ccccc6)cc5)c5ccc(-c6ccccc6)cc5)cc4)cc3)cc2)cc1.c1ccc(-c2ccc(N(c3ccc(-c4ccccc4)cc3)c3ccc4c(c3)Cc3cc(N(c5ccccc5)c5cccc6ccccc56)ccc3-4)cc2)cc1. The highest BCUT2D eigenvalue weighted by atomic mass is 15.2. The smallest absolute Gasteiger partial charge is 0.0540 e. The van der Waals surface area contributed by atoms with Crippen molar-refractivity contribution in [3.05, 3.63) is 496 Å². The summed E-state index contributed by atoms with van der Waals surface area (Å²) >= 11 is 0. The zero-order valence-corrected chi connectivity index (χ0v) is 64.7. The first-order valence-electron chi connectivity index (χ1n) is 40.1. The third-order valence-corrected chi connectivity index (χ3v) is 22.4. The number of para-hydroxylation sites is 1. The Balaban J connectivity index is 0.000000157. The van der Waals surface area contributed by atoms with Crippen LogP contribution in [0.1, 0.15) is 11.1 Å². The second-order valence-electron chi connectivity index (χ2n) is 29.6. The van der Waals surface area contributed by atoms with Crippen molar-refractivity contribution in [2.24, 2.45) is 0 Å². The number of benzene rings is 19. The second-order valence-corrected chi connectivity index (χ2v) is 29.6. The van der Waals surface area contributed by atoms with Gasteiger partial charge in [0.2, 0.25) is 0 Å². The quantitative estimate of drug-likeness (QED) is 0.0800. The predicted octanol–water partition coefficient (Wildman–Crippen LogP) is 31.6. The Labute approximate surface area is 685 Å². The van der Waals surface area contributed by atoms with Gasteiger partial charge in [-0.25, -0.2) is 0 Å². The lowest BCUT2D eigenvalue weighted by Crippen LogP contribution is -2.10. The zero-order chi connectivity index (χ0) is 78.1. The van der Waals surface area contributed by atoms with E-state index in [1.807, 2.05) is 0 Å². The topological polar surface area (TPSA) is 13.0 Å². The molecule has 0 saturated heterocycles. The fourth-order valence-corrected chi connectivity index (χ4v) is 16.4. The van der Waals surface area contributed by atoms with E-state index in [4.69, 9.17) is 0 Å². The van der Waals surface area contributed by atoms with Crippen molar-refractivity contribution >= 4 is 79.0 Å². The lowest BCUT2D eigenvalue weighted by Gasteiger charge is -2.27. The number of fused-ring (bicyclic) bond motifs is 4. The fourth-order valence-electron chi connectivity index (χ4n) is 16.4. The largest absolute Gasteiger partial charge is 0.311 e. The molecular formula is C113H82N4. The van der Waals surface area contributed by atoms with Crippen LogP contribution in [0.2, 0.25) is 0 Å². The van der Waals surface area contributed by atoms with Gasteiger partial charge < -0.3 is 19.6 Å². The Bertz CT molecular complexity index is 6070. The average molecular weight is 1500 g/mol. The molecule has 0 aliphatic heterocycles. The maximum atomic E-state index is 2.40. The van der Waals surface area contributed by atoms with Gasteiger partial charge in [0, 0.05) is 67.9 Å². The summed E-state index contributed by atoms with van der Waals surface area (Å²) in [5, 5.41) is 2.46. The minimum atomic E-state index is 0.873. The van der Waals surface area contributed by atoms with E-state index in [0.29, 0.717) is 0 Å². The molecule has 0 unspecified atom stereocenters. The molecule has 0 aromatic heterocycles. The molecule has 0 saturated carbocycles. The minimum Gasteiger partial charge on any atom is -0.311 e. The Morgan fingerprint density at radius 2 is 0.333 bits per heavy atom. The van der Waals surface area contributed by atoms with Crippen LogP contribution in [0.15, 0.2) is 485 Å². The normalized spacial score (nSPS) is 11.2. The lowest BCUT2D eigenvalue weighted by molar-refractivity contribution is 1.22. The van der Waals surface area contributed by atoms with Gasteiger partial charge in [-0.15, -0.1) is 0 Å². The summed E-state index contributed by atoms with van der Waals surface area (Å²) in [5.41, 5.74) is 35.5. The van der Waals surface area contributed by atoms with Crippen LogP contribution in [0.5, 0.6) is 0 Å². The van der Waals surface area contributed by atoms with Crippen molar-refractivity contribution in [3.8, 4) is 89.0 Å². The van der Waals surface area contributed by atoms with E-state index in [9.17, 15) is 0 Å². The van der Waals surface area contributed by atoms with Gasteiger partial charge in [0.05, 0.1) is 5.69 Å². The van der Waals surface area contributed by atoms with Crippen LogP contribution in [-0.4, -0.2) is 0 Å². The summed E-state index contributed by atoms with van der Waals surface area (Å²) in [7, 11) is 0. The van der Waals surface area contributed by atoms with Gasteiger partial charge >= 0.3 is 0 Å². The monoisotopic (exact) mass is 1490 g/mol. The highest BCUT2D eigenvalue weighted by Crippen LogP contribution is 2.48. The Morgan fingerprint density at radius 1 is 0.137 bits per heavy atom. The summed E-state index contributed by atoms with van der Waals surface area (Å²) in [6.07, 6.45) is 0.873. The van der Waals surface area contributed by atoms with Crippen molar-refractivity contribution in [2.45, 2.75) is 6.42 Å². The van der Waals surface area contributed by atoms with E-state index in [1.54, 1.807) is 0 Å². The molecule has 19 aromatic carbocycles. The van der Waals surface area contributed by atoms with Crippen molar-refractivity contribution < 1.29 is 0 Å². The summed E-state index contributed by atoms with van der Waals surface area (Å²) in [6, 6.07) is 175. The van der Waals surface area contributed by atoms with Gasteiger partial charge in [0.25, 0.3) is 0 Å². The molecule has 0 fully saturated rings. The second kappa shape index (κ2) is 33.1. The maximum absolute atomic E-state index is 2.40. The first-order valence-corrected chi connectivity index (χ1v) is 40.1. The third kappa shape index (κ3) is 15.5. The average Bonchev–Trinajstić information content (AvgIpc) is 0.875. The Kier molecular flexibility index (Phi) is 20.4. The van der Waals surface area contributed by atoms with E-state index >= 15 is 0 Å². The van der Waals surface area contributed by atoms with E-state index in [0.717, 1.165) is 80.1 Å². The number of hydrogen-bond acceptors (Lipinski definition) is 4. The van der Waals surface area contributed by atoms with Gasteiger partial charge in [0.15, 0.2) is 0 Å². The van der Waals surface area contributed by atoms with Gasteiger partial charge in [-0.3, -0.25) is 0 Å². The van der Waals surface area contributed by atoms with Gasteiger partial charge in [-0.2, -0.15) is 0 Å². The van der Waals surface area contributed by atoms with Crippen molar-refractivity contribution in [3.63, 3.8) is 0 Å². The number of nitrogens with zero attached hydrogens (tertiary/aromatic N) is 4. The molecule has 0 bridgehead atoms. The maximum Gasteiger partial charge on any atom is 0.0540 e. The molecule has 1 aliphatic rings. The van der Waals surface area contributed by atoms with Crippen LogP contribution in [0.4, 0.5) is 68.2 Å². The number of anilines is 12. The first kappa shape index (κ1) is 71.9. The number of hydrogen-bond donors (Lipinski definition) is 0. The van der Waals surface area contributed by atoms with Crippen LogP contribution < -0.4 is 19.6 Å².